The molecule has 0 atom stereocenters. The standard InChI is InChI=1S/C20H27N3O4S/c1-20(2,23-7-9-27-10-8-23)13-21-18(24)15-12-28-19(22-15)14-5-6-16(25-3)17(11-14)26-4/h5-6,11-12H,7-10,13H2,1-4H3,(H,21,24). The maximum Gasteiger partial charge on any atom is 0.270 e. The highest BCUT2D eigenvalue weighted by molar-refractivity contribution is 7.13. The molecule has 8 heteroatoms. The van der Waals surface area contributed by atoms with Crippen molar-refractivity contribution in [3.05, 3.63) is 29.3 Å². The predicted molar refractivity (Wildman–Crippen MR) is 109 cm³/mol. The SMILES string of the molecule is COc1ccc(-c2nc(C(=O)NCC(C)(C)N3CCOCC3)cs2)cc1OC. The third-order valence-electron chi connectivity index (χ3n) is 4.92. The minimum atomic E-state index is -0.163. The number of hydrogen-bond acceptors (Lipinski definition) is 7. The molecule has 0 radical (unpaired) electrons. The largest absolute Gasteiger partial charge is 0.493 e. The van der Waals surface area contributed by atoms with Gasteiger partial charge in [-0.1, -0.05) is 0 Å². The molecule has 1 aromatic heterocycles. The Kier molecular flexibility index (Phi) is 6.53. The van der Waals surface area contributed by atoms with Gasteiger partial charge in [-0.2, -0.15) is 0 Å². The van der Waals surface area contributed by atoms with Crippen LogP contribution in [0.3, 0.4) is 0 Å². The summed E-state index contributed by atoms with van der Waals surface area (Å²) in [6, 6.07) is 5.60. The summed E-state index contributed by atoms with van der Waals surface area (Å²) in [6.45, 7) is 8.04. The Morgan fingerprint density at radius 3 is 2.64 bits per heavy atom. The van der Waals surface area contributed by atoms with Crippen LogP contribution in [0.4, 0.5) is 0 Å². The highest BCUT2D eigenvalue weighted by atomic mass is 32.1. The van der Waals surface area contributed by atoms with Gasteiger partial charge in [-0.3, -0.25) is 9.69 Å². The van der Waals surface area contributed by atoms with Crippen LogP contribution in [0.15, 0.2) is 23.6 Å². The lowest BCUT2D eigenvalue weighted by Gasteiger charge is -2.40. The van der Waals surface area contributed by atoms with Gasteiger partial charge in [-0.05, 0) is 32.0 Å². The van der Waals surface area contributed by atoms with Crippen molar-refractivity contribution in [2.24, 2.45) is 0 Å². The predicted octanol–water partition coefficient (Wildman–Crippen LogP) is 2.67. The Morgan fingerprint density at radius 1 is 1.25 bits per heavy atom. The van der Waals surface area contributed by atoms with E-state index < -0.39 is 0 Å². The molecule has 0 bridgehead atoms. The van der Waals surface area contributed by atoms with Crippen LogP contribution in [-0.2, 0) is 4.74 Å². The number of carbonyl (C=O) groups excluding carboxylic acids is 1. The molecular weight excluding hydrogens is 378 g/mol. The van der Waals surface area contributed by atoms with Gasteiger partial charge in [0.15, 0.2) is 11.5 Å². The summed E-state index contributed by atoms with van der Waals surface area (Å²) in [6.07, 6.45) is 0. The van der Waals surface area contributed by atoms with Crippen molar-refractivity contribution in [1.82, 2.24) is 15.2 Å². The molecule has 2 heterocycles. The molecule has 28 heavy (non-hydrogen) atoms. The third kappa shape index (κ3) is 4.63. The summed E-state index contributed by atoms with van der Waals surface area (Å²) in [5, 5.41) is 5.56. The van der Waals surface area contributed by atoms with E-state index in [4.69, 9.17) is 14.2 Å². The molecule has 1 amide bonds. The van der Waals surface area contributed by atoms with Crippen molar-refractivity contribution in [3.8, 4) is 22.1 Å². The molecule has 0 spiro atoms. The minimum Gasteiger partial charge on any atom is -0.493 e. The van der Waals surface area contributed by atoms with Crippen molar-refractivity contribution >= 4 is 17.2 Å². The summed E-state index contributed by atoms with van der Waals surface area (Å²) >= 11 is 1.43. The van der Waals surface area contributed by atoms with E-state index in [-0.39, 0.29) is 11.4 Å². The van der Waals surface area contributed by atoms with Crippen molar-refractivity contribution in [2.75, 3.05) is 47.1 Å². The highest BCUT2D eigenvalue weighted by Crippen LogP contribution is 2.33. The topological polar surface area (TPSA) is 72.9 Å². The van der Waals surface area contributed by atoms with Crippen LogP contribution in [0.5, 0.6) is 11.5 Å². The number of amides is 1. The average Bonchev–Trinajstić information content (AvgIpc) is 3.22. The maximum absolute atomic E-state index is 12.6. The van der Waals surface area contributed by atoms with Crippen molar-refractivity contribution in [1.29, 1.82) is 0 Å². The molecule has 1 aliphatic heterocycles. The number of hydrogen-bond donors (Lipinski definition) is 1. The van der Waals surface area contributed by atoms with Crippen LogP contribution in [0.1, 0.15) is 24.3 Å². The molecule has 7 nitrogen and oxygen atoms in total. The van der Waals surface area contributed by atoms with Crippen LogP contribution in [0.25, 0.3) is 10.6 Å². The molecule has 1 N–H and O–H groups in total. The van der Waals surface area contributed by atoms with Crippen molar-refractivity contribution < 1.29 is 19.0 Å². The second-order valence-corrected chi connectivity index (χ2v) is 8.06. The molecule has 152 valence electrons. The monoisotopic (exact) mass is 405 g/mol. The second kappa shape index (κ2) is 8.89. The van der Waals surface area contributed by atoms with E-state index in [9.17, 15) is 4.79 Å². The zero-order valence-electron chi connectivity index (χ0n) is 16.8. The molecule has 0 aliphatic carbocycles. The van der Waals surface area contributed by atoms with Gasteiger partial charge < -0.3 is 19.5 Å². The Morgan fingerprint density at radius 2 is 1.96 bits per heavy atom. The molecule has 0 unspecified atom stereocenters. The van der Waals surface area contributed by atoms with Gasteiger partial charge >= 0.3 is 0 Å². The van der Waals surface area contributed by atoms with Gasteiger partial charge in [-0.15, -0.1) is 11.3 Å². The summed E-state index contributed by atoms with van der Waals surface area (Å²) < 4.78 is 16.0. The number of morpholine rings is 1. The third-order valence-corrected chi connectivity index (χ3v) is 5.81. The van der Waals surface area contributed by atoms with Crippen molar-refractivity contribution in [3.63, 3.8) is 0 Å². The zero-order chi connectivity index (χ0) is 20.1. The zero-order valence-corrected chi connectivity index (χ0v) is 17.6. The molecule has 1 aromatic carbocycles. The van der Waals surface area contributed by atoms with E-state index in [1.165, 1.54) is 11.3 Å². The number of nitrogens with zero attached hydrogens (tertiary/aromatic N) is 2. The number of benzene rings is 1. The fourth-order valence-electron chi connectivity index (χ4n) is 3.15. The Bertz CT molecular complexity index is 816. The lowest BCUT2D eigenvalue weighted by molar-refractivity contribution is -0.00924. The van der Waals surface area contributed by atoms with Gasteiger partial charge in [0.25, 0.3) is 5.91 Å². The summed E-state index contributed by atoms with van der Waals surface area (Å²) in [7, 11) is 3.19. The number of thiazole rings is 1. The Labute approximate surface area is 169 Å². The molecule has 3 rings (SSSR count). The Hall–Kier alpha value is -2.16. The van der Waals surface area contributed by atoms with Gasteiger partial charge in [-0.25, -0.2) is 4.98 Å². The quantitative estimate of drug-likeness (QED) is 0.764. The van der Waals surface area contributed by atoms with E-state index in [0.29, 0.717) is 23.7 Å². The molecule has 0 saturated carbocycles. The lowest BCUT2D eigenvalue weighted by Crippen LogP contribution is -2.55. The molecule has 1 fully saturated rings. The normalized spacial score (nSPS) is 15.3. The smallest absolute Gasteiger partial charge is 0.270 e. The van der Waals surface area contributed by atoms with Crippen LogP contribution in [0.2, 0.25) is 0 Å². The van der Waals surface area contributed by atoms with E-state index in [2.05, 4.69) is 29.0 Å². The molecular formula is C20H27N3O4S. The van der Waals surface area contributed by atoms with Crippen molar-refractivity contribution in [2.45, 2.75) is 19.4 Å². The number of aromatic nitrogens is 1. The lowest BCUT2D eigenvalue weighted by atomic mass is 10.0. The second-order valence-electron chi connectivity index (χ2n) is 7.20. The van der Waals surface area contributed by atoms with Crippen LogP contribution in [0, 0.1) is 0 Å². The molecule has 1 aliphatic rings. The first kappa shape index (κ1) is 20.6. The Balaban J connectivity index is 1.65. The fourth-order valence-corrected chi connectivity index (χ4v) is 3.94. The number of ether oxygens (including phenoxy) is 3. The minimum absolute atomic E-state index is 0.137. The number of methoxy groups -OCH3 is 2. The van der Waals surface area contributed by atoms with Crippen LogP contribution in [-0.4, -0.2) is 68.4 Å². The molecule has 1 saturated heterocycles. The van der Waals surface area contributed by atoms with Gasteiger partial charge in [0.05, 0.1) is 27.4 Å². The number of carbonyl (C=O) groups is 1. The summed E-state index contributed by atoms with van der Waals surface area (Å²) in [5.41, 5.74) is 1.17. The first-order chi connectivity index (χ1) is 13.4. The number of rotatable bonds is 7. The van der Waals surface area contributed by atoms with E-state index in [1.54, 1.807) is 19.6 Å². The van der Waals surface area contributed by atoms with E-state index in [1.807, 2.05) is 18.2 Å². The maximum atomic E-state index is 12.6. The summed E-state index contributed by atoms with van der Waals surface area (Å²) in [4.78, 5) is 19.4. The van der Waals surface area contributed by atoms with Crippen LogP contribution < -0.4 is 14.8 Å². The first-order valence-electron chi connectivity index (χ1n) is 9.23. The number of nitrogens with one attached hydrogen (secondary N) is 1. The van der Waals surface area contributed by atoms with Gasteiger partial charge in [0.2, 0.25) is 0 Å². The van der Waals surface area contributed by atoms with Gasteiger partial charge in [0, 0.05) is 36.1 Å². The fraction of sp³-hybridized carbons (Fsp3) is 0.500. The van der Waals surface area contributed by atoms with E-state index in [0.717, 1.165) is 36.9 Å². The first-order valence-corrected chi connectivity index (χ1v) is 10.1. The molecule has 2 aromatic rings. The highest BCUT2D eigenvalue weighted by Gasteiger charge is 2.29. The van der Waals surface area contributed by atoms with Crippen LogP contribution >= 0.6 is 11.3 Å². The van der Waals surface area contributed by atoms with Gasteiger partial charge in [0.1, 0.15) is 10.7 Å². The van der Waals surface area contributed by atoms with E-state index >= 15 is 0 Å². The summed E-state index contributed by atoms with van der Waals surface area (Å²) in [5.74, 6) is 1.13. The average molecular weight is 406 g/mol.